The summed E-state index contributed by atoms with van der Waals surface area (Å²) in [5, 5.41) is 11.3. The quantitative estimate of drug-likeness (QED) is 0.758. The molecule has 14 heavy (non-hydrogen) atoms. The van der Waals surface area contributed by atoms with E-state index in [-0.39, 0.29) is 6.04 Å². The Morgan fingerprint density at radius 2 is 2.21 bits per heavy atom. The van der Waals surface area contributed by atoms with Gasteiger partial charge in [0.25, 0.3) is 0 Å². The highest BCUT2D eigenvalue weighted by molar-refractivity contribution is 4.88. The van der Waals surface area contributed by atoms with Crippen molar-refractivity contribution in [3.8, 4) is 6.07 Å². The van der Waals surface area contributed by atoms with Crippen LogP contribution in [0.15, 0.2) is 0 Å². The average Bonchev–Trinajstić information content (AvgIpc) is 2.49. The van der Waals surface area contributed by atoms with Crippen LogP contribution < -0.4 is 5.32 Å². The number of nitriles is 1. The maximum atomic E-state index is 11.8. The first-order valence-corrected chi connectivity index (χ1v) is 4.30. The van der Waals surface area contributed by atoms with Crippen LogP contribution in [-0.2, 0) is 4.74 Å². The summed E-state index contributed by atoms with van der Waals surface area (Å²) in [5.74, 6) is 0. The van der Waals surface area contributed by atoms with Crippen LogP contribution in [0.2, 0.25) is 0 Å². The minimum Gasteiger partial charge on any atom is -0.367 e. The molecule has 1 aliphatic rings. The summed E-state index contributed by atoms with van der Waals surface area (Å²) in [4.78, 5) is 0. The van der Waals surface area contributed by atoms with E-state index in [9.17, 15) is 13.2 Å². The number of halogens is 3. The molecule has 0 saturated carbocycles. The van der Waals surface area contributed by atoms with Crippen molar-refractivity contribution < 1.29 is 17.9 Å². The first kappa shape index (κ1) is 11.3. The summed E-state index contributed by atoms with van der Waals surface area (Å²) >= 11 is 0. The highest BCUT2D eigenvalue weighted by atomic mass is 19.4. The van der Waals surface area contributed by atoms with Crippen molar-refractivity contribution in [1.82, 2.24) is 5.32 Å². The van der Waals surface area contributed by atoms with Crippen molar-refractivity contribution in [2.45, 2.75) is 31.2 Å². The molecule has 2 atom stereocenters. The molecule has 0 bridgehead atoms. The van der Waals surface area contributed by atoms with Gasteiger partial charge in [-0.05, 0) is 6.42 Å². The standard InChI is InChI=1S/C8H11F3N2O/c9-8(10,11)5-14-7-3-6(1-2-12)13-4-7/h6-7,13H,1,3-5H2. The molecule has 1 heterocycles. The Kier molecular flexibility index (Phi) is 3.72. The van der Waals surface area contributed by atoms with Crippen molar-refractivity contribution in [3.05, 3.63) is 0 Å². The number of nitrogens with zero attached hydrogens (tertiary/aromatic N) is 1. The molecule has 1 fully saturated rings. The largest absolute Gasteiger partial charge is 0.411 e. The molecule has 0 spiro atoms. The van der Waals surface area contributed by atoms with E-state index in [1.165, 1.54) is 0 Å². The van der Waals surface area contributed by atoms with Gasteiger partial charge in [0.15, 0.2) is 0 Å². The fourth-order valence-electron chi connectivity index (χ4n) is 1.39. The van der Waals surface area contributed by atoms with Crippen LogP contribution in [0, 0.1) is 11.3 Å². The van der Waals surface area contributed by atoms with E-state index < -0.39 is 18.9 Å². The molecule has 1 saturated heterocycles. The normalized spacial score (nSPS) is 27.6. The van der Waals surface area contributed by atoms with E-state index in [4.69, 9.17) is 5.26 Å². The van der Waals surface area contributed by atoms with Crippen LogP contribution in [0.1, 0.15) is 12.8 Å². The van der Waals surface area contributed by atoms with Gasteiger partial charge in [0.2, 0.25) is 0 Å². The van der Waals surface area contributed by atoms with Gasteiger partial charge in [-0.3, -0.25) is 0 Å². The minimum atomic E-state index is -4.27. The molecule has 2 unspecified atom stereocenters. The van der Waals surface area contributed by atoms with E-state index in [0.717, 1.165) is 0 Å². The van der Waals surface area contributed by atoms with Crippen LogP contribution in [0.4, 0.5) is 13.2 Å². The molecular formula is C8H11F3N2O. The van der Waals surface area contributed by atoms with Gasteiger partial charge in [-0.25, -0.2) is 0 Å². The van der Waals surface area contributed by atoms with Gasteiger partial charge in [0, 0.05) is 12.6 Å². The van der Waals surface area contributed by atoms with Gasteiger partial charge in [0.05, 0.1) is 18.6 Å². The van der Waals surface area contributed by atoms with E-state index >= 15 is 0 Å². The van der Waals surface area contributed by atoms with E-state index in [1.54, 1.807) is 0 Å². The van der Waals surface area contributed by atoms with Crippen molar-refractivity contribution >= 4 is 0 Å². The van der Waals surface area contributed by atoms with Gasteiger partial charge in [-0.1, -0.05) is 0 Å². The number of hydrogen-bond donors (Lipinski definition) is 1. The lowest BCUT2D eigenvalue weighted by Crippen LogP contribution is -2.25. The summed E-state index contributed by atoms with van der Waals surface area (Å²) in [6, 6.07) is 1.93. The van der Waals surface area contributed by atoms with Gasteiger partial charge < -0.3 is 10.1 Å². The Morgan fingerprint density at radius 1 is 1.50 bits per heavy atom. The van der Waals surface area contributed by atoms with Gasteiger partial charge in [-0.2, -0.15) is 18.4 Å². The fraction of sp³-hybridized carbons (Fsp3) is 0.875. The third-order valence-corrected chi connectivity index (χ3v) is 2.00. The number of rotatable bonds is 3. The second kappa shape index (κ2) is 4.62. The second-order valence-electron chi connectivity index (χ2n) is 3.25. The van der Waals surface area contributed by atoms with E-state index in [1.807, 2.05) is 6.07 Å². The monoisotopic (exact) mass is 208 g/mol. The summed E-state index contributed by atoms with van der Waals surface area (Å²) in [7, 11) is 0. The molecule has 6 heteroatoms. The van der Waals surface area contributed by atoms with Crippen molar-refractivity contribution in [2.75, 3.05) is 13.2 Å². The number of nitrogens with one attached hydrogen (secondary N) is 1. The highest BCUT2D eigenvalue weighted by Gasteiger charge is 2.32. The Hall–Kier alpha value is -0.800. The topological polar surface area (TPSA) is 45.0 Å². The lowest BCUT2D eigenvalue weighted by molar-refractivity contribution is -0.183. The molecule has 1 aliphatic heterocycles. The lowest BCUT2D eigenvalue weighted by atomic mass is 10.1. The van der Waals surface area contributed by atoms with Crippen molar-refractivity contribution in [1.29, 1.82) is 5.26 Å². The molecule has 0 aromatic rings. The van der Waals surface area contributed by atoms with Gasteiger partial charge in [-0.15, -0.1) is 0 Å². The van der Waals surface area contributed by atoms with E-state index in [2.05, 4.69) is 10.1 Å². The number of hydrogen-bond acceptors (Lipinski definition) is 3. The van der Waals surface area contributed by atoms with Gasteiger partial charge >= 0.3 is 6.18 Å². The molecule has 0 aromatic heterocycles. The first-order valence-electron chi connectivity index (χ1n) is 4.30. The zero-order valence-electron chi connectivity index (χ0n) is 7.47. The molecule has 3 nitrogen and oxygen atoms in total. The molecule has 0 aliphatic carbocycles. The predicted octanol–water partition coefficient (Wildman–Crippen LogP) is 1.21. The van der Waals surface area contributed by atoms with Crippen LogP contribution in [0.25, 0.3) is 0 Å². The first-order chi connectivity index (χ1) is 6.51. The van der Waals surface area contributed by atoms with Crippen molar-refractivity contribution in [3.63, 3.8) is 0 Å². The third kappa shape index (κ3) is 3.94. The zero-order valence-corrected chi connectivity index (χ0v) is 7.47. The Bertz CT molecular complexity index is 224. The highest BCUT2D eigenvalue weighted by Crippen LogP contribution is 2.19. The Labute approximate surface area is 79.8 Å². The lowest BCUT2D eigenvalue weighted by Gasteiger charge is -2.12. The molecule has 1 rings (SSSR count). The summed E-state index contributed by atoms with van der Waals surface area (Å²) in [5.41, 5.74) is 0. The molecule has 0 amide bonds. The SMILES string of the molecule is N#CCC1CC(OCC(F)(F)F)CN1. The maximum Gasteiger partial charge on any atom is 0.411 e. The molecule has 1 N–H and O–H groups in total. The van der Waals surface area contributed by atoms with Crippen LogP contribution in [0.3, 0.4) is 0 Å². The zero-order chi connectivity index (χ0) is 10.6. The number of ether oxygens (including phenoxy) is 1. The Balaban J connectivity index is 2.20. The van der Waals surface area contributed by atoms with Crippen LogP contribution >= 0.6 is 0 Å². The second-order valence-corrected chi connectivity index (χ2v) is 3.25. The summed E-state index contributed by atoms with van der Waals surface area (Å²) in [6.45, 7) is -0.818. The molecule has 0 radical (unpaired) electrons. The average molecular weight is 208 g/mol. The minimum absolute atomic E-state index is 0.0294. The van der Waals surface area contributed by atoms with E-state index in [0.29, 0.717) is 19.4 Å². The van der Waals surface area contributed by atoms with Gasteiger partial charge in [0.1, 0.15) is 6.61 Å². The fourth-order valence-corrected chi connectivity index (χ4v) is 1.39. The Morgan fingerprint density at radius 3 is 2.79 bits per heavy atom. The van der Waals surface area contributed by atoms with Crippen LogP contribution in [-0.4, -0.2) is 31.5 Å². The maximum absolute atomic E-state index is 11.8. The molecular weight excluding hydrogens is 197 g/mol. The van der Waals surface area contributed by atoms with Crippen LogP contribution in [0.5, 0.6) is 0 Å². The predicted molar refractivity (Wildman–Crippen MR) is 42.4 cm³/mol. The smallest absolute Gasteiger partial charge is 0.367 e. The molecule has 80 valence electrons. The third-order valence-electron chi connectivity index (χ3n) is 2.00. The summed E-state index contributed by atoms with van der Waals surface area (Å²) in [6.07, 6.45) is -3.90. The summed E-state index contributed by atoms with van der Waals surface area (Å²) < 4.78 is 39.9. The molecule has 0 aromatic carbocycles. The number of alkyl halides is 3. The van der Waals surface area contributed by atoms with Crippen molar-refractivity contribution in [2.24, 2.45) is 0 Å².